The van der Waals surface area contributed by atoms with Crippen molar-refractivity contribution >= 4 is 11.5 Å². The van der Waals surface area contributed by atoms with Gasteiger partial charge in [0.2, 0.25) is 0 Å². The molecule has 3 heteroatoms. The van der Waals surface area contributed by atoms with Crippen LogP contribution in [0, 0.1) is 0 Å². The third-order valence-corrected chi connectivity index (χ3v) is 1.45. The van der Waals surface area contributed by atoms with Gasteiger partial charge in [-0.2, -0.15) is 4.37 Å². The molecule has 0 aliphatic heterocycles. The molecule has 0 saturated heterocycles. The van der Waals surface area contributed by atoms with Gasteiger partial charge in [-0.15, -0.1) is 0 Å². The van der Waals surface area contributed by atoms with Crippen LogP contribution in [0.15, 0.2) is 11.4 Å². The second kappa shape index (κ2) is 2.24. The fraction of sp³-hybridized carbons (Fsp3) is 0.400. The number of aromatic nitrogens is 1. The van der Waals surface area contributed by atoms with Crippen molar-refractivity contribution in [3.05, 3.63) is 17.1 Å². The summed E-state index contributed by atoms with van der Waals surface area (Å²) in [7, 11) is 0. The van der Waals surface area contributed by atoms with Crippen molar-refractivity contribution < 1.29 is 5.11 Å². The highest BCUT2D eigenvalue weighted by molar-refractivity contribution is 7.03. The highest BCUT2D eigenvalue weighted by Gasteiger charge is 2.01. The summed E-state index contributed by atoms with van der Waals surface area (Å²) in [6.45, 7) is 1.59. The Hall–Kier alpha value is -0.410. The minimum absolute atomic E-state index is 0.648. The zero-order chi connectivity index (χ0) is 5.98. The van der Waals surface area contributed by atoms with Gasteiger partial charge in [-0.25, -0.2) is 5.11 Å². The Bertz CT molecular complexity index is 147. The van der Waals surface area contributed by atoms with Crippen molar-refractivity contribution in [3.8, 4) is 0 Å². The number of nitrogens with zero attached hydrogens (tertiary/aromatic N) is 1. The van der Waals surface area contributed by atoms with Crippen LogP contribution >= 0.6 is 11.5 Å². The first-order valence-corrected chi connectivity index (χ1v) is 3.20. The van der Waals surface area contributed by atoms with E-state index in [4.69, 9.17) is 0 Å². The molecule has 8 heavy (non-hydrogen) atoms. The normalized spacial score (nSPS) is 13.8. The lowest BCUT2D eigenvalue weighted by atomic mass is 10.3. The van der Waals surface area contributed by atoms with Gasteiger partial charge in [-0.3, -0.25) is 0 Å². The summed E-state index contributed by atoms with van der Waals surface area (Å²) in [4.78, 5) is 0. The van der Waals surface area contributed by atoms with E-state index in [1.807, 2.05) is 5.38 Å². The number of hydrogen-bond donors (Lipinski definition) is 0. The lowest BCUT2D eigenvalue weighted by molar-refractivity contribution is 0.103. The zero-order valence-corrected chi connectivity index (χ0v) is 5.31. The average molecular weight is 128 g/mol. The van der Waals surface area contributed by atoms with E-state index in [2.05, 4.69) is 4.37 Å². The van der Waals surface area contributed by atoms with E-state index < -0.39 is 6.10 Å². The van der Waals surface area contributed by atoms with Crippen LogP contribution in [0.2, 0.25) is 0 Å². The first-order valence-electron chi connectivity index (χ1n) is 2.37. The highest BCUT2D eigenvalue weighted by atomic mass is 32.1. The summed E-state index contributed by atoms with van der Waals surface area (Å²) in [5.41, 5.74) is 0.648. The van der Waals surface area contributed by atoms with Gasteiger partial charge in [0.25, 0.3) is 0 Å². The SMILES string of the molecule is CC([O])c1ccsn1. The van der Waals surface area contributed by atoms with Gasteiger partial charge in [-0.1, -0.05) is 0 Å². The van der Waals surface area contributed by atoms with Crippen molar-refractivity contribution in [1.29, 1.82) is 0 Å². The van der Waals surface area contributed by atoms with Gasteiger partial charge in [0.1, 0.15) is 6.10 Å². The van der Waals surface area contributed by atoms with Crippen LogP contribution in [0.3, 0.4) is 0 Å². The minimum atomic E-state index is -0.666. The van der Waals surface area contributed by atoms with Crippen LogP contribution in [0.4, 0.5) is 0 Å². The third-order valence-electron chi connectivity index (χ3n) is 0.874. The maximum absolute atomic E-state index is 10.5. The molecule has 0 aromatic carbocycles. The Morgan fingerprint density at radius 3 is 2.88 bits per heavy atom. The maximum atomic E-state index is 10.5. The second-order valence-corrected chi connectivity index (χ2v) is 2.23. The first kappa shape index (κ1) is 5.72. The summed E-state index contributed by atoms with van der Waals surface area (Å²) in [5, 5.41) is 12.3. The van der Waals surface area contributed by atoms with Gasteiger partial charge in [0, 0.05) is 5.38 Å². The lowest BCUT2D eigenvalue weighted by Gasteiger charge is -1.90. The molecular formula is C5H6NOS. The van der Waals surface area contributed by atoms with E-state index in [1.165, 1.54) is 11.5 Å². The molecular weight excluding hydrogens is 122 g/mol. The first-order chi connectivity index (χ1) is 3.80. The molecule has 0 spiro atoms. The van der Waals surface area contributed by atoms with E-state index in [0.717, 1.165) is 0 Å². The molecule has 2 nitrogen and oxygen atoms in total. The Kier molecular flexibility index (Phi) is 1.60. The smallest absolute Gasteiger partial charge is 0.133 e. The molecule has 43 valence electrons. The molecule has 1 unspecified atom stereocenters. The van der Waals surface area contributed by atoms with E-state index in [1.54, 1.807) is 13.0 Å². The number of rotatable bonds is 1. The topological polar surface area (TPSA) is 32.8 Å². The standard InChI is InChI=1S/C5H6NOS/c1-4(7)5-2-3-8-6-5/h2-4H,1H3. The van der Waals surface area contributed by atoms with Gasteiger partial charge in [0.15, 0.2) is 0 Å². The van der Waals surface area contributed by atoms with Crippen LogP contribution in [0.1, 0.15) is 18.7 Å². The molecule has 0 bridgehead atoms. The molecule has 0 amide bonds. The van der Waals surface area contributed by atoms with Gasteiger partial charge in [0.05, 0.1) is 5.69 Å². The van der Waals surface area contributed by atoms with Gasteiger partial charge in [-0.05, 0) is 24.5 Å². The van der Waals surface area contributed by atoms with E-state index >= 15 is 0 Å². The predicted octanol–water partition coefficient (Wildman–Crippen LogP) is 1.63. The highest BCUT2D eigenvalue weighted by Crippen LogP contribution is 2.10. The number of hydrogen-bond acceptors (Lipinski definition) is 2. The minimum Gasteiger partial charge on any atom is -0.226 e. The quantitative estimate of drug-likeness (QED) is 0.565. The van der Waals surface area contributed by atoms with E-state index in [0.29, 0.717) is 5.69 Å². The predicted molar refractivity (Wildman–Crippen MR) is 31.2 cm³/mol. The monoisotopic (exact) mass is 128 g/mol. The third kappa shape index (κ3) is 1.05. The van der Waals surface area contributed by atoms with Gasteiger partial charge < -0.3 is 0 Å². The summed E-state index contributed by atoms with van der Waals surface area (Å²) in [6.07, 6.45) is -0.666. The average Bonchev–Trinajstić information content (AvgIpc) is 2.12. The summed E-state index contributed by atoms with van der Waals surface area (Å²) in [5.74, 6) is 0. The summed E-state index contributed by atoms with van der Waals surface area (Å²) >= 11 is 1.32. The van der Waals surface area contributed by atoms with Crippen molar-refractivity contribution in [2.45, 2.75) is 13.0 Å². The van der Waals surface area contributed by atoms with Crippen molar-refractivity contribution in [1.82, 2.24) is 4.37 Å². The molecule has 1 heterocycles. The Morgan fingerprint density at radius 1 is 1.88 bits per heavy atom. The van der Waals surface area contributed by atoms with Crippen LogP contribution < -0.4 is 0 Å². The van der Waals surface area contributed by atoms with E-state index in [-0.39, 0.29) is 0 Å². The fourth-order valence-electron chi connectivity index (χ4n) is 0.432. The lowest BCUT2D eigenvalue weighted by Crippen LogP contribution is -1.85. The van der Waals surface area contributed by atoms with Crippen molar-refractivity contribution in [3.63, 3.8) is 0 Å². The molecule has 0 aliphatic rings. The van der Waals surface area contributed by atoms with Gasteiger partial charge >= 0.3 is 0 Å². The molecule has 1 aromatic heterocycles. The zero-order valence-electron chi connectivity index (χ0n) is 4.50. The largest absolute Gasteiger partial charge is 0.226 e. The Morgan fingerprint density at radius 2 is 2.62 bits per heavy atom. The van der Waals surface area contributed by atoms with Crippen LogP contribution in [0.5, 0.6) is 0 Å². The van der Waals surface area contributed by atoms with Crippen molar-refractivity contribution in [2.75, 3.05) is 0 Å². The molecule has 0 saturated carbocycles. The van der Waals surface area contributed by atoms with Crippen LogP contribution in [-0.4, -0.2) is 4.37 Å². The molecule has 1 radical (unpaired) electrons. The van der Waals surface area contributed by atoms with Crippen LogP contribution in [-0.2, 0) is 5.11 Å². The van der Waals surface area contributed by atoms with E-state index in [9.17, 15) is 5.11 Å². The molecule has 0 N–H and O–H groups in total. The molecule has 1 rings (SSSR count). The molecule has 1 atom stereocenters. The Labute approximate surface area is 52.0 Å². The summed E-state index contributed by atoms with van der Waals surface area (Å²) in [6, 6.07) is 1.75. The summed E-state index contributed by atoms with van der Waals surface area (Å²) < 4.78 is 3.84. The molecule has 0 fully saturated rings. The second-order valence-electron chi connectivity index (χ2n) is 1.57. The molecule has 0 aliphatic carbocycles. The Balaban J connectivity index is 2.77. The maximum Gasteiger partial charge on any atom is 0.133 e. The van der Waals surface area contributed by atoms with Crippen LogP contribution in [0.25, 0.3) is 0 Å². The molecule has 1 aromatic rings. The van der Waals surface area contributed by atoms with Crippen molar-refractivity contribution in [2.24, 2.45) is 0 Å². The fourth-order valence-corrected chi connectivity index (χ4v) is 1.02.